The minimum Gasteiger partial charge on any atom is -0.481 e. The Balaban J connectivity index is 2.90. The number of ketones is 1. The first-order valence-electron chi connectivity index (χ1n) is 9.47. The number of aliphatic carboxylic acids is 3. The van der Waals surface area contributed by atoms with Crippen LogP contribution in [0.3, 0.4) is 0 Å². The summed E-state index contributed by atoms with van der Waals surface area (Å²) in [4.78, 5) is 50.4. The summed E-state index contributed by atoms with van der Waals surface area (Å²) in [7, 11) is 0. The van der Waals surface area contributed by atoms with Crippen LogP contribution < -0.4 is 0 Å². The standard InChI is InChI=1S/C18H31N3O7/c1-14(22)11-19-4-2-15(10-16(23)24)3-5-20(12-17(25)26)7-9-21(8-6-19)13-18(27)28/h15H,2-13H2,1H3,(H,23,24)(H,25,26)(H,27,28). The van der Waals surface area contributed by atoms with Gasteiger partial charge in [-0.15, -0.1) is 0 Å². The lowest BCUT2D eigenvalue weighted by Gasteiger charge is -2.31. The van der Waals surface area contributed by atoms with E-state index in [1.165, 1.54) is 6.92 Å². The highest BCUT2D eigenvalue weighted by Gasteiger charge is 2.21. The molecule has 1 unspecified atom stereocenters. The minimum absolute atomic E-state index is 0.0000376. The van der Waals surface area contributed by atoms with Crippen molar-refractivity contribution in [3.63, 3.8) is 0 Å². The molecule has 0 radical (unpaired) electrons. The van der Waals surface area contributed by atoms with Crippen molar-refractivity contribution in [2.24, 2.45) is 5.92 Å². The smallest absolute Gasteiger partial charge is 0.317 e. The number of nitrogens with zero attached hydrogens (tertiary/aromatic N) is 3. The second-order valence-corrected chi connectivity index (χ2v) is 7.36. The molecule has 0 aromatic heterocycles. The first-order valence-corrected chi connectivity index (χ1v) is 9.47. The van der Waals surface area contributed by atoms with E-state index in [1.807, 2.05) is 4.90 Å². The van der Waals surface area contributed by atoms with Crippen molar-refractivity contribution in [3.05, 3.63) is 0 Å². The second-order valence-electron chi connectivity index (χ2n) is 7.36. The van der Waals surface area contributed by atoms with Crippen LogP contribution in [0.4, 0.5) is 0 Å². The molecular formula is C18H31N3O7. The van der Waals surface area contributed by atoms with Crippen LogP contribution in [0, 0.1) is 5.92 Å². The topological polar surface area (TPSA) is 139 Å². The highest BCUT2D eigenvalue weighted by molar-refractivity contribution is 5.77. The number of hydrogen-bond acceptors (Lipinski definition) is 7. The average Bonchev–Trinajstić information content (AvgIpc) is 2.55. The molecule has 1 heterocycles. The minimum atomic E-state index is -0.973. The predicted octanol–water partition coefficient (Wildman–Crippen LogP) is -0.465. The molecular weight excluding hydrogens is 370 g/mol. The molecule has 160 valence electrons. The van der Waals surface area contributed by atoms with E-state index in [0.29, 0.717) is 52.1 Å². The number of carboxylic acids is 3. The molecule has 0 aromatic carbocycles. The van der Waals surface area contributed by atoms with Gasteiger partial charge in [0.05, 0.1) is 19.6 Å². The quantitative estimate of drug-likeness (QED) is 0.489. The summed E-state index contributed by atoms with van der Waals surface area (Å²) >= 11 is 0. The van der Waals surface area contributed by atoms with Crippen molar-refractivity contribution < 1.29 is 34.5 Å². The number of hydrogen-bond donors (Lipinski definition) is 3. The maximum absolute atomic E-state index is 11.5. The molecule has 0 spiro atoms. The third kappa shape index (κ3) is 11.0. The molecule has 1 saturated heterocycles. The van der Waals surface area contributed by atoms with Gasteiger partial charge in [-0.3, -0.25) is 33.9 Å². The van der Waals surface area contributed by atoms with Crippen LogP contribution in [0.5, 0.6) is 0 Å². The van der Waals surface area contributed by atoms with Crippen molar-refractivity contribution >= 4 is 23.7 Å². The highest BCUT2D eigenvalue weighted by Crippen LogP contribution is 2.16. The molecule has 1 atom stereocenters. The van der Waals surface area contributed by atoms with Gasteiger partial charge in [0.15, 0.2) is 0 Å². The van der Waals surface area contributed by atoms with Crippen molar-refractivity contribution in [2.45, 2.75) is 26.2 Å². The van der Waals surface area contributed by atoms with Gasteiger partial charge in [-0.05, 0) is 38.8 Å². The zero-order chi connectivity index (χ0) is 21.1. The molecule has 0 aliphatic carbocycles. The summed E-state index contributed by atoms with van der Waals surface area (Å²) in [6.45, 7) is 4.07. The molecule has 28 heavy (non-hydrogen) atoms. The van der Waals surface area contributed by atoms with Crippen LogP contribution in [0.1, 0.15) is 26.2 Å². The van der Waals surface area contributed by atoms with Gasteiger partial charge in [-0.1, -0.05) is 0 Å². The Morgan fingerprint density at radius 3 is 1.43 bits per heavy atom. The predicted molar refractivity (Wildman–Crippen MR) is 100 cm³/mol. The lowest BCUT2D eigenvalue weighted by Crippen LogP contribution is -2.45. The number of carboxylic acid groups (broad SMARTS) is 3. The molecule has 0 amide bonds. The van der Waals surface area contributed by atoms with E-state index in [0.717, 1.165) is 0 Å². The van der Waals surface area contributed by atoms with E-state index in [1.54, 1.807) is 9.80 Å². The number of Topliss-reactive ketones (excluding diaryl/α,β-unsaturated/α-hetero) is 1. The third-order valence-electron chi connectivity index (χ3n) is 4.80. The second kappa shape index (κ2) is 12.4. The zero-order valence-corrected chi connectivity index (χ0v) is 16.4. The van der Waals surface area contributed by atoms with E-state index in [2.05, 4.69) is 0 Å². The maximum atomic E-state index is 11.5. The van der Waals surface area contributed by atoms with Gasteiger partial charge >= 0.3 is 17.9 Å². The molecule has 1 aliphatic rings. The largest absolute Gasteiger partial charge is 0.481 e. The Kier molecular flexibility index (Phi) is 10.6. The van der Waals surface area contributed by atoms with E-state index in [9.17, 15) is 19.2 Å². The van der Waals surface area contributed by atoms with Crippen molar-refractivity contribution in [1.82, 2.24) is 14.7 Å². The van der Waals surface area contributed by atoms with Gasteiger partial charge in [0.2, 0.25) is 0 Å². The molecule has 0 aromatic rings. The molecule has 10 nitrogen and oxygen atoms in total. The van der Waals surface area contributed by atoms with Crippen molar-refractivity contribution in [3.8, 4) is 0 Å². The van der Waals surface area contributed by atoms with E-state index < -0.39 is 17.9 Å². The highest BCUT2D eigenvalue weighted by atomic mass is 16.4. The Morgan fingerprint density at radius 2 is 1.07 bits per heavy atom. The first-order chi connectivity index (χ1) is 13.2. The summed E-state index contributed by atoms with van der Waals surface area (Å²) in [5.74, 6) is -2.94. The summed E-state index contributed by atoms with van der Waals surface area (Å²) in [5, 5.41) is 27.4. The maximum Gasteiger partial charge on any atom is 0.317 e. The Hall–Kier alpha value is -2.04. The lowest BCUT2D eigenvalue weighted by atomic mass is 9.96. The van der Waals surface area contributed by atoms with Gasteiger partial charge < -0.3 is 15.3 Å². The molecule has 1 fully saturated rings. The first kappa shape index (κ1) is 24.0. The van der Waals surface area contributed by atoms with Crippen molar-refractivity contribution in [1.29, 1.82) is 0 Å². The van der Waals surface area contributed by atoms with Gasteiger partial charge in [0.25, 0.3) is 0 Å². The molecule has 10 heteroatoms. The Labute approximate surface area is 164 Å². The molecule has 0 bridgehead atoms. The fraction of sp³-hybridized carbons (Fsp3) is 0.778. The van der Waals surface area contributed by atoms with Crippen LogP contribution in [-0.4, -0.2) is 113 Å². The summed E-state index contributed by atoms with van der Waals surface area (Å²) in [5.41, 5.74) is 0. The van der Waals surface area contributed by atoms with Crippen LogP contribution in [0.25, 0.3) is 0 Å². The van der Waals surface area contributed by atoms with Gasteiger partial charge in [-0.2, -0.15) is 0 Å². The van der Waals surface area contributed by atoms with Gasteiger partial charge in [-0.25, -0.2) is 0 Å². The Morgan fingerprint density at radius 1 is 0.679 bits per heavy atom. The average molecular weight is 401 g/mol. The van der Waals surface area contributed by atoms with Crippen LogP contribution in [-0.2, 0) is 19.2 Å². The fourth-order valence-electron chi connectivity index (χ4n) is 3.40. The van der Waals surface area contributed by atoms with E-state index in [4.69, 9.17) is 15.3 Å². The fourth-order valence-corrected chi connectivity index (χ4v) is 3.40. The molecule has 1 rings (SSSR count). The number of rotatable bonds is 8. The van der Waals surface area contributed by atoms with Crippen molar-refractivity contribution in [2.75, 3.05) is 58.9 Å². The van der Waals surface area contributed by atoms with Crippen LogP contribution >= 0.6 is 0 Å². The zero-order valence-electron chi connectivity index (χ0n) is 16.4. The molecule has 0 saturated carbocycles. The SMILES string of the molecule is CC(=O)CN1CCC(CC(=O)O)CCN(CC(=O)O)CCN(CC(=O)O)CC1. The summed E-state index contributed by atoms with van der Waals surface area (Å²) in [6.07, 6.45) is 1.12. The number of carbonyl (C=O) groups excluding carboxylic acids is 1. The summed E-state index contributed by atoms with van der Waals surface area (Å²) < 4.78 is 0. The van der Waals surface area contributed by atoms with E-state index in [-0.39, 0.29) is 37.8 Å². The lowest BCUT2D eigenvalue weighted by molar-refractivity contribution is -0.140. The van der Waals surface area contributed by atoms with E-state index >= 15 is 0 Å². The molecule has 1 aliphatic heterocycles. The normalized spacial score (nSPS) is 21.4. The van der Waals surface area contributed by atoms with Gasteiger partial charge in [0.1, 0.15) is 5.78 Å². The monoisotopic (exact) mass is 401 g/mol. The third-order valence-corrected chi connectivity index (χ3v) is 4.80. The molecule has 3 N–H and O–H groups in total. The van der Waals surface area contributed by atoms with Crippen LogP contribution in [0.2, 0.25) is 0 Å². The Bertz CT molecular complexity index is 443. The van der Waals surface area contributed by atoms with Gasteiger partial charge in [0, 0.05) is 32.6 Å². The summed E-state index contributed by atoms with van der Waals surface area (Å²) in [6, 6.07) is 0. The number of carbonyl (C=O) groups is 4. The van der Waals surface area contributed by atoms with Crippen LogP contribution in [0.15, 0.2) is 0 Å².